The van der Waals surface area contributed by atoms with E-state index in [2.05, 4.69) is 15.0 Å². The molecule has 146 valence electrons. The maximum absolute atomic E-state index is 12.6. The molecule has 9 heteroatoms. The molecular formula is C19H16F2N2O4S. The summed E-state index contributed by atoms with van der Waals surface area (Å²) < 4.78 is 39.7. The lowest BCUT2D eigenvalue weighted by Crippen LogP contribution is -2.19. The van der Waals surface area contributed by atoms with Gasteiger partial charge in [-0.3, -0.25) is 4.79 Å². The number of benzene rings is 2. The third-order valence-corrected chi connectivity index (χ3v) is 4.57. The van der Waals surface area contributed by atoms with E-state index in [1.54, 1.807) is 43.5 Å². The van der Waals surface area contributed by atoms with Gasteiger partial charge < -0.3 is 19.5 Å². The number of halogens is 2. The highest BCUT2D eigenvalue weighted by Crippen LogP contribution is 2.33. The number of carbonyl (C=O) groups is 1. The monoisotopic (exact) mass is 406 g/mol. The van der Waals surface area contributed by atoms with Crippen LogP contribution in [0, 0.1) is 0 Å². The Hall–Kier alpha value is -3.07. The van der Waals surface area contributed by atoms with Crippen LogP contribution in [0.15, 0.2) is 52.4 Å². The van der Waals surface area contributed by atoms with Crippen molar-refractivity contribution in [2.45, 2.75) is 6.61 Å². The highest BCUT2D eigenvalue weighted by atomic mass is 32.2. The van der Waals surface area contributed by atoms with Crippen LogP contribution >= 0.6 is 11.8 Å². The van der Waals surface area contributed by atoms with E-state index in [4.69, 9.17) is 9.47 Å². The number of hydrogen-bond donors (Lipinski definition) is 1. The number of amides is 1. The van der Waals surface area contributed by atoms with Crippen LogP contribution in [0.5, 0.6) is 17.2 Å². The van der Waals surface area contributed by atoms with E-state index in [9.17, 15) is 13.6 Å². The number of ether oxygens (including phenoxy) is 3. The van der Waals surface area contributed by atoms with Crippen molar-refractivity contribution >= 4 is 34.6 Å². The minimum Gasteiger partial charge on any atom is -0.497 e. The fourth-order valence-electron chi connectivity index (χ4n) is 2.38. The average Bonchev–Trinajstić information content (AvgIpc) is 3.01. The summed E-state index contributed by atoms with van der Waals surface area (Å²) in [5, 5.41) is 3.08. The first-order chi connectivity index (χ1) is 13.5. The van der Waals surface area contributed by atoms with Gasteiger partial charge in [0.2, 0.25) is 0 Å². The Balaban J connectivity index is 1.81. The summed E-state index contributed by atoms with van der Waals surface area (Å²) in [5.74, 6) is 0.438. The Morgan fingerprint density at radius 3 is 2.46 bits per heavy atom. The topological polar surface area (TPSA) is 69.2 Å². The van der Waals surface area contributed by atoms with Gasteiger partial charge in [-0.1, -0.05) is 6.07 Å². The summed E-state index contributed by atoms with van der Waals surface area (Å²) in [5.41, 5.74) is 1.17. The van der Waals surface area contributed by atoms with Crippen molar-refractivity contribution in [2.24, 2.45) is 4.99 Å². The number of nitrogens with one attached hydrogen (secondary N) is 1. The fourth-order valence-corrected chi connectivity index (χ4v) is 3.22. The van der Waals surface area contributed by atoms with E-state index in [0.29, 0.717) is 27.1 Å². The molecule has 28 heavy (non-hydrogen) atoms. The summed E-state index contributed by atoms with van der Waals surface area (Å²) >= 11 is 1.15. The zero-order chi connectivity index (χ0) is 20.1. The van der Waals surface area contributed by atoms with Crippen LogP contribution in [0.1, 0.15) is 5.56 Å². The Morgan fingerprint density at radius 2 is 1.82 bits per heavy atom. The molecule has 0 radical (unpaired) electrons. The van der Waals surface area contributed by atoms with E-state index in [1.165, 1.54) is 19.2 Å². The van der Waals surface area contributed by atoms with Crippen molar-refractivity contribution in [3.8, 4) is 17.2 Å². The number of methoxy groups -OCH3 is 2. The summed E-state index contributed by atoms with van der Waals surface area (Å²) in [6.07, 6.45) is 1.56. The molecule has 0 saturated carbocycles. The first-order valence-electron chi connectivity index (χ1n) is 8.05. The van der Waals surface area contributed by atoms with Gasteiger partial charge in [0.05, 0.1) is 24.8 Å². The Morgan fingerprint density at radius 1 is 1.07 bits per heavy atom. The molecule has 3 rings (SSSR count). The van der Waals surface area contributed by atoms with Crippen molar-refractivity contribution in [1.29, 1.82) is 0 Å². The molecule has 0 bridgehead atoms. The first-order valence-corrected chi connectivity index (χ1v) is 8.86. The Kier molecular flexibility index (Phi) is 6.15. The van der Waals surface area contributed by atoms with Gasteiger partial charge in [-0.25, -0.2) is 4.99 Å². The van der Waals surface area contributed by atoms with E-state index in [-0.39, 0.29) is 17.4 Å². The van der Waals surface area contributed by atoms with Crippen LogP contribution in [0.3, 0.4) is 0 Å². The zero-order valence-electron chi connectivity index (χ0n) is 14.9. The van der Waals surface area contributed by atoms with Gasteiger partial charge in [0.15, 0.2) is 16.7 Å². The number of hydrogen-bond acceptors (Lipinski definition) is 6. The minimum absolute atomic E-state index is 0.109. The number of aliphatic imine (C=N–C) groups is 1. The van der Waals surface area contributed by atoms with Gasteiger partial charge in [-0.15, -0.1) is 0 Å². The molecule has 1 N–H and O–H groups in total. The summed E-state index contributed by atoms with van der Waals surface area (Å²) in [6.45, 7) is -2.98. The number of amidine groups is 1. The van der Waals surface area contributed by atoms with Crippen LogP contribution in [0.2, 0.25) is 0 Å². The molecule has 1 aliphatic heterocycles. The van der Waals surface area contributed by atoms with Gasteiger partial charge in [0, 0.05) is 0 Å². The molecule has 0 spiro atoms. The molecule has 0 aliphatic carbocycles. The lowest BCUT2D eigenvalue weighted by atomic mass is 10.2. The van der Waals surface area contributed by atoms with Crippen molar-refractivity contribution < 1.29 is 27.8 Å². The van der Waals surface area contributed by atoms with Gasteiger partial charge in [0.1, 0.15) is 5.75 Å². The minimum atomic E-state index is -2.98. The maximum atomic E-state index is 12.6. The zero-order valence-corrected chi connectivity index (χ0v) is 15.8. The Bertz CT molecular complexity index is 930. The lowest BCUT2D eigenvalue weighted by Gasteiger charge is -2.10. The van der Waals surface area contributed by atoms with Gasteiger partial charge in [0.25, 0.3) is 5.91 Å². The number of thioether (sulfide) groups is 1. The highest BCUT2D eigenvalue weighted by Gasteiger charge is 2.24. The molecule has 1 fully saturated rings. The molecule has 1 heterocycles. The van der Waals surface area contributed by atoms with Crippen LogP contribution in [-0.2, 0) is 4.79 Å². The van der Waals surface area contributed by atoms with Gasteiger partial charge in [-0.05, 0) is 59.8 Å². The fraction of sp³-hybridized carbons (Fsp3) is 0.158. The van der Waals surface area contributed by atoms with E-state index >= 15 is 0 Å². The smallest absolute Gasteiger partial charge is 0.387 e. The molecule has 0 atom stereocenters. The van der Waals surface area contributed by atoms with Crippen LogP contribution in [0.4, 0.5) is 14.5 Å². The SMILES string of the molecule is COc1ccc(N=C2NC(=O)/C(=C\c3ccc(OC)c(OC(F)F)c3)S2)cc1. The third kappa shape index (κ3) is 4.80. The second-order valence-electron chi connectivity index (χ2n) is 5.47. The molecule has 1 saturated heterocycles. The predicted octanol–water partition coefficient (Wildman–Crippen LogP) is 4.20. The molecule has 0 unspecified atom stereocenters. The molecule has 1 amide bonds. The summed E-state index contributed by atoms with van der Waals surface area (Å²) in [4.78, 5) is 16.9. The van der Waals surface area contributed by atoms with E-state index < -0.39 is 6.61 Å². The van der Waals surface area contributed by atoms with E-state index in [1.807, 2.05) is 0 Å². The molecule has 6 nitrogen and oxygen atoms in total. The number of carbonyl (C=O) groups excluding carboxylic acids is 1. The number of nitrogens with zero attached hydrogens (tertiary/aromatic N) is 1. The Labute approximate surface area is 164 Å². The standard InChI is InChI=1S/C19H16F2N2O4S/c1-25-13-6-4-12(5-7-13)22-19-23-17(24)16(28-19)10-11-3-8-14(26-2)15(9-11)27-18(20)21/h3-10,18H,1-2H3,(H,22,23,24)/b16-10+. The molecule has 2 aromatic rings. The predicted molar refractivity (Wildman–Crippen MR) is 103 cm³/mol. The largest absolute Gasteiger partial charge is 0.497 e. The number of alkyl halides is 2. The first kappa shape index (κ1) is 19.7. The summed E-state index contributed by atoms with van der Waals surface area (Å²) in [6, 6.07) is 11.6. The van der Waals surface area contributed by atoms with Crippen LogP contribution in [0.25, 0.3) is 6.08 Å². The third-order valence-electron chi connectivity index (χ3n) is 3.66. The van der Waals surface area contributed by atoms with Crippen molar-refractivity contribution in [2.75, 3.05) is 14.2 Å². The second kappa shape index (κ2) is 8.75. The average molecular weight is 406 g/mol. The van der Waals surface area contributed by atoms with Crippen LogP contribution in [-0.4, -0.2) is 31.9 Å². The molecular weight excluding hydrogens is 390 g/mol. The van der Waals surface area contributed by atoms with Crippen molar-refractivity contribution in [1.82, 2.24) is 5.32 Å². The molecule has 1 aliphatic rings. The second-order valence-corrected chi connectivity index (χ2v) is 6.50. The highest BCUT2D eigenvalue weighted by molar-refractivity contribution is 8.18. The normalized spacial score (nSPS) is 16.5. The van der Waals surface area contributed by atoms with E-state index in [0.717, 1.165) is 11.8 Å². The number of rotatable bonds is 6. The maximum Gasteiger partial charge on any atom is 0.387 e. The lowest BCUT2D eigenvalue weighted by molar-refractivity contribution is -0.115. The quantitative estimate of drug-likeness (QED) is 0.729. The molecule has 0 aromatic heterocycles. The molecule has 2 aromatic carbocycles. The van der Waals surface area contributed by atoms with Crippen LogP contribution < -0.4 is 19.5 Å². The van der Waals surface area contributed by atoms with Gasteiger partial charge in [-0.2, -0.15) is 8.78 Å². The van der Waals surface area contributed by atoms with Crippen molar-refractivity contribution in [3.63, 3.8) is 0 Å². The van der Waals surface area contributed by atoms with Crippen molar-refractivity contribution in [3.05, 3.63) is 52.9 Å². The summed E-state index contributed by atoms with van der Waals surface area (Å²) in [7, 11) is 2.93. The van der Waals surface area contributed by atoms with Gasteiger partial charge >= 0.3 is 6.61 Å².